The van der Waals surface area contributed by atoms with Crippen molar-refractivity contribution in [1.82, 2.24) is 9.97 Å². The molecular formula is C16H15N3OS. The van der Waals surface area contributed by atoms with Crippen molar-refractivity contribution in [3.63, 3.8) is 0 Å². The lowest BCUT2D eigenvalue weighted by molar-refractivity contribution is -0.115. The molecule has 0 saturated heterocycles. The van der Waals surface area contributed by atoms with E-state index < -0.39 is 0 Å². The highest BCUT2D eigenvalue weighted by molar-refractivity contribution is 7.11. The number of aryl methyl sites for hydroxylation is 2. The van der Waals surface area contributed by atoms with Crippen molar-refractivity contribution >= 4 is 33.8 Å². The van der Waals surface area contributed by atoms with E-state index in [2.05, 4.69) is 15.3 Å². The Morgan fingerprint density at radius 2 is 2.10 bits per heavy atom. The summed E-state index contributed by atoms with van der Waals surface area (Å²) in [6.45, 7) is 3.89. The van der Waals surface area contributed by atoms with Crippen molar-refractivity contribution in [2.75, 3.05) is 5.32 Å². The number of carbonyl (C=O) groups excluding carboxylic acids is 1. The Hall–Kier alpha value is -2.27. The third kappa shape index (κ3) is 2.92. The van der Waals surface area contributed by atoms with E-state index in [1.165, 1.54) is 0 Å². The number of amides is 1. The van der Waals surface area contributed by atoms with E-state index in [9.17, 15) is 4.79 Å². The average molecular weight is 297 g/mol. The highest BCUT2D eigenvalue weighted by Crippen LogP contribution is 2.22. The molecule has 5 heteroatoms. The molecule has 3 aromatic rings. The van der Waals surface area contributed by atoms with Crippen LogP contribution in [0, 0.1) is 13.8 Å². The molecule has 0 spiro atoms. The summed E-state index contributed by atoms with van der Waals surface area (Å²) >= 11 is 1.57. The van der Waals surface area contributed by atoms with Gasteiger partial charge in [-0.15, -0.1) is 11.3 Å². The Kier molecular flexibility index (Phi) is 3.66. The number of nitrogens with zero attached hydrogens (tertiary/aromatic N) is 2. The van der Waals surface area contributed by atoms with Gasteiger partial charge in [-0.3, -0.25) is 9.78 Å². The van der Waals surface area contributed by atoms with Crippen LogP contribution in [0.4, 0.5) is 5.69 Å². The summed E-state index contributed by atoms with van der Waals surface area (Å²) in [5.41, 5.74) is 2.61. The summed E-state index contributed by atoms with van der Waals surface area (Å²) in [7, 11) is 0. The first-order valence-corrected chi connectivity index (χ1v) is 7.51. The number of pyridine rings is 1. The van der Waals surface area contributed by atoms with E-state index in [1.54, 1.807) is 17.5 Å². The van der Waals surface area contributed by atoms with Gasteiger partial charge >= 0.3 is 0 Å². The third-order valence-corrected chi connectivity index (χ3v) is 4.31. The Morgan fingerprint density at radius 1 is 1.24 bits per heavy atom. The Morgan fingerprint density at radius 3 is 2.86 bits per heavy atom. The van der Waals surface area contributed by atoms with Crippen molar-refractivity contribution < 1.29 is 4.79 Å². The van der Waals surface area contributed by atoms with Gasteiger partial charge in [0, 0.05) is 16.5 Å². The first kappa shape index (κ1) is 13.7. The van der Waals surface area contributed by atoms with Crippen molar-refractivity contribution in [2.24, 2.45) is 0 Å². The van der Waals surface area contributed by atoms with Crippen molar-refractivity contribution in [1.29, 1.82) is 0 Å². The van der Waals surface area contributed by atoms with Crippen LogP contribution in [0.5, 0.6) is 0 Å². The van der Waals surface area contributed by atoms with Crippen molar-refractivity contribution in [3.05, 3.63) is 52.1 Å². The van der Waals surface area contributed by atoms with Gasteiger partial charge in [-0.25, -0.2) is 4.98 Å². The molecule has 0 aliphatic carbocycles. The Bertz CT molecular complexity index is 805. The monoisotopic (exact) mass is 297 g/mol. The van der Waals surface area contributed by atoms with Crippen LogP contribution >= 0.6 is 11.3 Å². The fraction of sp³-hybridized carbons (Fsp3) is 0.188. The lowest BCUT2D eigenvalue weighted by Crippen LogP contribution is -2.14. The zero-order valence-electron chi connectivity index (χ0n) is 11.9. The van der Waals surface area contributed by atoms with Crippen LogP contribution < -0.4 is 5.32 Å². The minimum Gasteiger partial charge on any atom is -0.325 e. The number of aromatic nitrogens is 2. The lowest BCUT2D eigenvalue weighted by Gasteiger charge is -2.07. The van der Waals surface area contributed by atoms with E-state index in [1.807, 2.05) is 44.2 Å². The number of anilines is 1. The molecule has 0 saturated carbocycles. The van der Waals surface area contributed by atoms with E-state index in [4.69, 9.17) is 0 Å². The van der Waals surface area contributed by atoms with Gasteiger partial charge in [0.05, 0.1) is 28.3 Å². The molecule has 0 unspecified atom stereocenters. The quantitative estimate of drug-likeness (QED) is 0.805. The maximum atomic E-state index is 12.2. The molecule has 1 amide bonds. The second-order valence-corrected chi connectivity index (χ2v) is 6.13. The average Bonchev–Trinajstić information content (AvgIpc) is 2.77. The van der Waals surface area contributed by atoms with Crippen LogP contribution in [-0.4, -0.2) is 15.9 Å². The molecule has 0 aliphatic rings. The summed E-state index contributed by atoms with van der Waals surface area (Å²) in [6.07, 6.45) is 2.10. The van der Waals surface area contributed by atoms with Crippen LogP contribution in [-0.2, 0) is 11.2 Å². The lowest BCUT2D eigenvalue weighted by atomic mass is 10.1. The van der Waals surface area contributed by atoms with E-state index in [0.29, 0.717) is 6.42 Å². The number of thiazole rings is 1. The van der Waals surface area contributed by atoms with Gasteiger partial charge in [0.15, 0.2) is 0 Å². The molecule has 2 heterocycles. The molecule has 0 fully saturated rings. The summed E-state index contributed by atoms with van der Waals surface area (Å²) in [5.74, 6) is -0.0295. The second-order valence-electron chi connectivity index (χ2n) is 4.84. The first-order chi connectivity index (χ1) is 10.1. The molecule has 0 bridgehead atoms. The fourth-order valence-electron chi connectivity index (χ4n) is 2.29. The number of fused-ring (bicyclic) bond motifs is 1. The van der Waals surface area contributed by atoms with Gasteiger partial charge in [-0.1, -0.05) is 6.07 Å². The SMILES string of the molecule is Cc1nc(C)c(CC(=O)Nc2cccc3ncccc23)s1. The Balaban J connectivity index is 1.82. The molecule has 21 heavy (non-hydrogen) atoms. The predicted molar refractivity (Wildman–Crippen MR) is 85.7 cm³/mol. The van der Waals surface area contributed by atoms with Gasteiger partial charge in [0.2, 0.25) is 5.91 Å². The molecule has 0 radical (unpaired) electrons. The van der Waals surface area contributed by atoms with Crippen LogP contribution in [0.15, 0.2) is 36.5 Å². The number of hydrogen-bond donors (Lipinski definition) is 1. The molecule has 2 aromatic heterocycles. The maximum absolute atomic E-state index is 12.2. The Labute approximate surface area is 126 Å². The third-order valence-electron chi connectivity index (χ3n) is 3.24. The highest BCUT2D eigenvalue weighted by atomic mass is 32.1. The van der Waals surface area contributed by atoms with Crippen LogP contribution in [0.1, 0.15) is 15.6 Å². The van der Waals surface area contributed by atoms with Crippen LogP contribution in [0.2, 0.25) is 0 Å². The van der Waals surface area contributed by atoms with E-state index in [0.717, 1.165) is 32.2 Å². The van der Waals surface area contributed by atoms with Gasteiger partial charge in [-0.05, 0) is 38.1 Å². The fourth-order valence-corrected chi connectivity index (χ4v) is 3.23. The molecule has 4 nitrogen and oxygen atoms in total. The molecule has 3 rings (SSSR count). The predicted octanol–water partition coefficient (Wildman–Crippen LogP) is 3.49. The standard InChI is InChI=1S/C16H15N3OS/c1-10-15(21-11(2)18-10)9-16(20)19-14-7-3-6-13-12(14)5-4-8-17-13/h3-8H,9H2,1-2H3,(H,19,20). The maximum Gasteiger partial charge on any atom is 0.229 e. The first-order valence-electron chi connectivity index (χ1n) is 6.70. The largest absolute Gasteiger partial charge is 0.325 e. The van der Waals surface area contributed by atoms with E-state index in [-0.39, 0.29) is 5.91 Å². The molecule has 106 valence electrons. The number of benzene rings is 1. The normalized spacial score (nSPS) is 10.8. The van der Waals surface area contributed by atoms with Gasteiger partial charge in [0.25, 0.3) is 0 Å². The summed E-state index contributed by atoms with van der Waals surface area (Å²) in [4.78, 5) is 21.9. The van der Waals surface area contributed by atoms with E-state index >= 15 is 0 Å². The van der Waals surface area contributed by atoms with Gasteiger partial charge in [-0.2, -0.15) is 0 Å². The molecule has 0 atom stereocenters. The zero-order valence-corrected chi connectivity index (χ0v) is 12.7. The minimum atomic E-state index is -0.0295. The van der Waals surface area contributed by atoms with Gasteiger partial charge < -0.3 is 5.32 Å². The topological polar surface area (TPSA) is 54.9 Å². The zero-order chi connectivity index (χ0) is 14.8. The number of carbonyl (C=O) groups is 1. The van der Waals surface area contributed by atoms with Gasteiger partial charge in [0.1, 0.15) is 0 Å². The number of hydrogen-bond acceptors (Lipinski definition) is 4. The molecule has 1 N–H and O–H groups in total. The molecule has 1 aromatic carbocycles. The minimum absolute atomic E-state index is 0.0295. The van der Waals surface area contributed by atoms with Crippen LogP contribution in [0.25, 0.3) is 10.9 Å². The summed E-state index contributed by atoms with van der Waals surface area (Å²) in [5, 5.41) is 4.91. The van der Waals surface area contributed by atoms with Crippen LogP contribution in [0.3, 0.4) is 0 Å². The smallest absolute Gasteiger partial charge is 0.229 e. The number of rotatable bonds is 3. The van der Waals surface area contributed by atoms with Crippen molar-refractivity contribution in [2.45, 2.75) is 20.3 Å². The summed E-state index contributed by atoms with van der Waals surface area (Å²) < 4.78 is 0. The summed E-state index contributed by atoms with van der Waals surface area (Å²) in [6, 6.07) is 9.55. The van der Waals surface area contributed by atoms with Crippen molar-refractivity contribution in [3.8, 4) is 0 Å². The molecule has 0 aliphatic heterocycles. The highest BCUT2D eigenvalue weighted by Gasteiger charge is 2.11. The molecular weight excluding hydrogens is 282 g/mol. The second kappa shape index (κ2) is 5.61. The number of nitrogens with one attached hydrogen (secondary N) is 1.